The maximum atomic E-state index is 11.9. The van der Waals surface area contributed by atoms with Gasteiger partial charge < -0.3 is 20.4 Å². The summed E-state index contributed by atoms with van der Waals surface area (Å²) in [6.07, 6.45) is 0.569. The molecule has 0 radical (unpaired) electrons. The molecule has 0 aliphatic carbocycles. The van der Waals surface area contributed by atoms with Gasteiger partial charge in [0.15, 0.2) is 0 Å². The molecule has 1 amide bonds. The number of carbonyl (C=O) groups excluding carboxylic acids is 1. The molecule has 0 bridgehead atoms. The maximum Gasteiger partial charge on any atom is 0.227 e. The van der Waals surface area contributed by atoms with Gasteiger partial charge in [0.25, 0.3) is 0 Å². The Morgan fingerprint density at radius 1 is 1.24 bits per heavy atom. The summed E-state index contributed by atoms with van der Waals surface area (Å²) in [6.45, 7) is 13.4. The standard InChI is InChI=1S/C18H30N6O/c1-5-16(25)23-6-8-24(9-7-23)17-21-14(18(2,3)4)10-15(22-17)20-13-11-19-12-13/h10,13,19H,5-9,11-12H2,1-4H3,(H,20,21,22). The first-order valence-corrected chi connectivity index (χ1v) is 9.26. The Kier molecular flexibility index (Phi) is 5.13. The van der Waals surface area contributed by atoms with Crippen molar-refractivity contribution in [3.63, 3.8) is 0 Å². The van der Waals surface area contributed by atoms with E-state index in [-0.39, 0.29) is 11.3 Å². The van der Waals surface area contributed by atoms with Crippen LogP contribution in [0.1, 0.15) is 39.8 Å². The number of amides is 1. The van der Waals surface area contributed by atoms with Crippen molar-refractivity contribution in [1.82, 2.24) is 20.2 Å². The van der Waals surface area contributed by atoms with E-state index in [0.717, 1.165) is 56.7 Å². The van der Waals surface area contributed by atoms with E-state index in [9.17, 15) is 4.79 Å². The highest BCUT2D eigenvalue weighted by Gasteiger charge is 2.25. The van der Waals surface area contributed by atoms with Crippen molar-refractivity contribution >= 4 is 17.7 Å². The molecular formula is C18H30N6O. The van der Waals surface area contributed by atoms with E-state index in [0.29, 0.717) is 12.5 Å². The van der Waals surface area contributed by atoms with Gasteiger partial charge in [-0.05, 0) is 0 Å². The number of rotatable bonds is 4. The largest absolute Gasteiger partial charge is 0.365 e. The zero-order chi connectivity index (χ0) is 18.0. The molecule has 0 saturated carbocycles. The predicted octanol–water partition coefficient (Wildman–Crippen LogP) is 1.22. The maximum absolute atomic E-state index is 11.9. The van der Waals surface area contributed by atoms with Gasteiger partial charge >= 0.3 is 0 Å². The van der Waals surface area contributed by atoms with Crippen molar-refractivity contribution in [3.05, 3.63) is 11.8 Å². The molecule has 2 fully saturated rings. The van der Waals surface area contributed by atoms with Gasteiger partial charge in [-0.25, -0.2) is 4.98 Å². The first-order chi connectivity index (χ1) is 11.9. The monoisotopic (exact) mass is 346 g/mol. The summed E-state index contributed by atoms with van der Waals surface area (Å²) >= 11 is 0. The van der Waals surface area contributed by atoms with Gasteiger partial charge in [-0.15, -0.1) is 0 Å². The second-order valence-corrected chi connectivity index (χ2v) is 7.91. The number of aromatic nitrogens is 2. The summed E-state index contributed by atoms with van der Waals surface area (Å²) < 4.78 is 0. The molecule has 1 aromatic rings. The molecule has 2 saturated heterocycles. The van der Waals surface area contributed by atoms with Crippen LogP contribution in [0, 0.1) is 0 Å². The smallest absolute Gasteiger partial charge is 0.227 e. The second kappa shape index (κ2) is 7.15. The minimum absolute atomic E-state index is 0.0357. The van der Waals surface area contributed by atoms with Crippen molar-refractivity contribution in [3.8, 4) is 0 Å². The third-order valence-corrected chi connectivity index (χ3v) is 4.83. The van der Waals surface area contributed by atoms with Crippen LogP contribution in [0.25, 0.3) is 0 Å². The van der Waals surface area contributed by atoms with Crippen molar-refractivity contribution < 1.29 is 4.79 Å². The minimum Gasteiger partial charge on any atom is -0.365 e. The van der Waals surface area contributed by atoms with Gasteiger partial charge in [0.05, 0.1) is 11.7 Å². The molecule has 3 rings (SSSR count). The molecule has 7 nitrogen and oxygen atoms in total. The molecule has 138 valence electrons. The Balaban J connectivity index is 1.77. The van der Waals surface area contributed by atoms with Gasteiger partial charge in [-0.1, -0.05) is 27.7 Å². The van der Waals surface area contributed by atoms with Gasteiger partial charge in [0.1, 0.15) is 5.82 Å². The highest BCUT2D eigenvalue weighted by molar-refractivity contribution is 5.76. The Bertz CT molecular complexity index is 614. The molecule has 0 aromatic carbocycles. The molecule has 2 N–H and O–H groups in total. The van der Waals surface area contributed by atoms with E-state index >= 15 is 0 Å². The number of hydrogen-bond donors (Lipinski definition) is 2. The molecule has 0 spiro atoms. The molecular weight excluding hydrogens is 316 g/mol. The Morgan fingerprint density at radius 2 is 1.92 bits per heavy atom. The number of anilines is 2. The van der Waals surface area contributed by atoms with Crippen molar-refractivity contribution in [1.29, 1.82) is 0 Å². The van der Waals surface area contributed by atoms with Crippen molar-refractivity contribution in [2.45, 2.75) is 45.6 Å². The quantitative estimate of drug-likeness (QED) is 0.854. The average Bonchev–Trinajstić information content (AvgIpc) is 2.56. The topological polar surface area (TPSA) is 73.4 Å². The van der Waals surface area contributed by atoms with E-state index in [4.69, 9.17) is 9.97 Å². The first kappa shape index (κ1) is 17.9. The van der Waals surface area contributed by atoms with E-state index in [1.54, 1.807) is 0 Å². The lowest BCUT2D eigenvalue weighted by molar-refractivity contribution is -0.131. The SMILES string of the molecule is CCC(=O)N1CCN(c2nc(NC3CNC3)cc(C(C)(C)C)n2)CC1. The van der Waals surface area contributed by atoms with Gasteiger partial charge in [0, 0.05) is 57.2 Å². The summed E-state index contributed by atoms with van der Waals surface area (Å²) in [6, 6.07) is 2.51. The number of piperazine rings is 1. The molecule has 7 heteroatoms. The van der Waals surface area contributed by atoms with Crippen LogP contribution >= 0.6 is 0 Å². The van der Waals surface area contributed by atoms with Crippen LogP contribution in [-0.4, -0.2) is 66.1 Å². The Hall–Kier alpha value is -1.89. The summed E-state index contributed by atoms with van der Waals surface area (Å²) in [5, 5.41) is 6.77. The predicted molar refractivity (Wildman–Crippen MR) is 100 cm³/mol. The fourth-order valence-electron chi connectivity index (χ4n) is 3.01. The third kappa shape index (κ3) is 4.21. The number of nitrogens with one attached hydrogen (secondary N) is 2. The van der Waals surface area contributed by atoms with E-state index in [1.807, 2.05) is 11.8 Å². The normalized spacial score (nSPS) is 18.9. The number of nitrogens with zero attached hydrogens (tertiary/aromatic N) is 4. The van der Waals surface area contributed by atoms with Gasteiger partial charge in [-0.3, -0.25) is 4.79 Å². The molecule has 2 aliphatic rings. The Labute approximate surface area is 150 Å². The molecule has 0 unspecified atom stereocenters. The van der Waals surface area contributed by atoms with Gasteiger partial charge in [0.2, 0.25) is 11.9 Å². The summed E-state index contributed by atoms with van der Waals surface area (Å²) in [5.41, 5.74) is 1.01. The van der Waals surface area contributed by atoms with E-state index < -0.39 is 0 Å². The van der Waals surface area contributed by atoms with Crippen LogP contribution in [0.4, 0.5) is 11.8 Å². The van der Waals surface area contributed by atoms with Gasteiger partial charge in [-0.2, -0.15) is 4.98 Å². The average molecular weight is 346 g/mol. The van der Waals surface area contributed by atoms with Crippen LogP contribution in [-0.2, 0) is 10.2 Å². The molecule has 1 aromatic heterocycles. The van der Waals surface area contributed by atoms with E-state index in [2.05, 4.69) is 42.4 Å². The van der Waals surface area contributed by atoms with Crippen LogP contribution in [0.3, 0.4) is 0 Å². The third-order valence-electron chi connectivity index (χ3n) is 4.83. The van der Waals surface area contributed by atoms with Crippen LogP contribution in [0.2, 0.25) is 0 Å². The highest BCUT2D eigenvalue weighted by Crippen LogP contribution is 2.25. The zero-order valence-electron chi connectivity index (χ0n) is 15.8. The number of carbonyl (C=O) groups is 1. The molecule has 0 atom stereocenters. The summed E-state index contributed by atoms with van der Waals surface area (Å²) in [4.78, 5) is 25.6. The first-order valence-electron chi connectivity index (χ1n) is 9.26. The summed E-state index contributed by atoms with van der Waals surface area (Å²) in [7, 11) is 0. The molecule has 2 aliphatic heterocycles. The lowest BCUT2D eigenvalue weighted by atomic mass is 9.92. The fourth-order valence-corrected chi connectivity index (χ4v) is 3.01. The lowest BCUT2D eigenvalue weighted by Gasteiger charge is -2.35. The second-order valence-electron chi connectivity index (χ2n) is 7.91. The lowest BCUT2D eigenvalue weighted by Crippen LogP contribution is -2.51. The van der Waals surface area contributed by atoms with Crippen molar-refractivity contribution in [2.24, 2.45) is 0 Å². The highest BCUT2D eigenvalue weighted by atomic mass is 16.2. The van der Waals surface area contributed by atoms with E-state index in [1.165, 1.54) is 0 Å². The fraction of sp³-hybridized carbons (Fsp3) is 0.722. The van der Waals surface area contributed by atoms with Crippen LogP contribution in [0.15, 0.2) is 6.07 Å². The minimum atomic E-state index is -0.0357. The molecule has 25 heavy (non-hydrogen) atoms. The van der Waals surface area contributed by atoms with Crippen LogP contribution in [0.5, 0.6) is 0 Å². The van der Waals surface area contributed by atoms with Crippen LogP contribution < -0.4 is 15.5 Å². The summed E-state index contributed by atoms with van der Waals surface area (Å²) in [5.74, 6) is 1.89. The Morgan fingerprint density at radius 3 is 2.44 bits per heavy atom. The van der Waals surface area contributed by atoms with Crippen molar-refractivity contribution in [2.75, 3.05) is 49.5 Å². The zero-order valence-corrected chi connectivity index (χ0v) is 15.8. The molecule has 3 heterocycles. The number of hydrogen-bond acceptors (Lipinski definition) is 6.